The van der Waals surface area contributed by atoms with Gasteiger partial charge in [0.25, 0.3) is 5.97 Å². The van der Waals surface area contributed by atoms with Crippen molar-refractivity contribution in [2.75, 3.05) is 26.4 Å². The number of hydrogen-bond acceptors (Lipinski definition) is 5. The van der Waals surface area contributed by atoms with Crippen molar-refractivity contribution >= 4 is 5.97 Å². The molecule has 0 N–H and O–H groups in total. The molecule has 0 unspecified atom stereocenters. The fraction of sp³-hybridized carbons (Fsp3) is 0.727. The molecule has 0 radical (unpaired) electrons. The minimum absolute atomic E-state index is 0.231. The molecule has 3 saturated heterocycles. The molecule has 0 amide bonds. The van der Waals surface area contributed by atoms with Gasteiger partial charge in [-0.3, -0.25) is 0 Å². The highest BCUT2D eigenvalue weighted by molar-refractivity contribution is 5.86. The normalized spacial score (nSPS) is 37.1. The van der Waals surface area contributed by atoms with Gasteiger partial charge < -0.3 is 18.9 Å². The smallest absolute Gasteiger partial charge is 0.333 e. The molecular formula is C11H16O5. The summed E-state index contributed by atoms with van der Waals surface area (Å²) in [5.74, 6) is -1.31. The van der Waals surface area contributed by atoms with Gasteiger partial charge in [0.05, 0.1) is 25.2 Å². The van der Waals surface area contributed by atoms with Gasteiger partial charge in [-0.15, -0.1) is 0 Å². The molecule has 16 heavy (non-hydrogen) atoms. The van der Waals surface area contributed by atoms with Gasteiger partial charge in [0.1, 0.15) is 6.61 Å². The third-order valence-corrected chi connectivity index (χ3v) is 2.78. The van der Waals surface area contributed by atoms with Gasteiger partial charge in [0, 0.05) is 12.5 Å². The van der Waals surface area contributed by atoms with Crippen molar-refractivity contribution in [1.29, 1.82) is 0 Å². The van der Waals surface area contributed by atoms with E-state index in [1.165, 1.54) is 0 Å². The van der Waals surface area contributed by atoms with E-state index >= 15 is 0 Å². The number of fused-ring (bicyclic) bond motifs is 3. The summed E-state index contributed by atoms with van der Waals surface area (Å²) in [6, 6.07) is 0. The molecule has 5 heteroatoms. The maximum atomic E-state index is 11.3. The van der Waals surface area contributed by atoms with E-state index in [1.807, 2.05) is 0 Å². The van der Waals surface area contributed by atoms with E-state index in [-0.39, 0.29) is 12.0 Å². The Morgan fingerprint density at radius 3 is 2.25 bits per heavy atom. The Labute approximate surface area is 94.3 Å². The summed E-state index contributed by atoms with van der Waals surface area (Å²) < 4.78 is 21.3. The molecule has 3 fully saturated rings. The molecule has 0 spiro atoms. The van der Waals surface area contributed by atoms with Crippen molar-refractivity contribution in [3.05, 3.63) is 12.2 Å². The van der Waals surface area contributed by atoms with E-state index < -0.39 is 11.9 Å². The first-order valence-electron chi connectivity index (χ1n) is 5.19. The minimum atomic E-state index is -0.917. The van der Waals surface area contributed by atoms with Crippen LogP contribution in [0.3, 0.4) is 0 Å². The predicted molar refractivity (Wildman–Crippen MR) is 54.5 cm³/mol. The van der Waals surface area contributed by atoms with Gasteiger partial charge in [-0.2, -0.15) is 0 Å². The van der Waals surface area contributed by atoms with E-state index in [1.54, 1.807) is 13.8 Å². The Bertz CT molecular complexity index is 298. The lowest BCUT2D eigenvalue weighted by Crippen LogP contribution is -2.60. The fourth-order valence-electron chi connectivity index (χ4n) is 1.57. The van der Waals surface area contributed by atoms with Gasteiger partial charge in [-0.05, 0) is 6.92 Å². The highest BCUT2D eigenvalue weighted by atomic mass is 16.9. The second-order valence-electron chi connectivity index (χ2n) is 4.58. The monoisotopic (exact) mass is 228 g/mol. The van der Waals surface area contributed by atoms with Crippen molar-refractivity contribution in [1.82, 2.24) is 0 Å². The summed E-state index contributed by atoms with van der Waals surface area (Å²) in [5, 5.41) is 0. The SMILES string of the molecule is C=C(C)C(=O)OCC12COC(C)(OC1)OC2. The number of carbonyl (C=O) groups excluding carboxylic acids is 1. The first-order chi connectivity index (χ1) is 7.45. The van der Waals surface area contributed by atoms with Crippen molar-refractivity contribution in [3.63, 3.8) is 0 Å². The van der Waals surface area contributed by atoms with Crippen molar-refractivity contribution in [2.45, 2.75) is 19.8 Å². The second-order valence-corrected chi connectivity index (χ2v) is 4.58. The molecule has 0 aromatic rings. The Morgan fingerprint density at radius 2 is 1.81 bits per heavy atom. The van der Waals surface area contributed by atoms with E-state index in [9.17, 15) is 4.79 Å². The molecule has 0 aromatic heterocycles. The number of esters is 1. The van der Waals surface area contributed by atoms with Gasteiger partial charge in [-0.1, -0.05) is 6.58 Å². The highest BCUT2D eigenvalue weighted by Gasteiger charge is 2.50. The Balaban J connectivity index is 1.91. The quantitative estimate of drug-likeness (QED) is 0.529. The van der Waals surface area contributed by atoms with Crippen LogP contribution < -0.4 is 0 Å². The largest absolute Gasteiger partial charge is 0.461 e. The zero-order chi connectivity index (χ0) is 11.8. The lowest BCUT2D eigenvalue weighted by molar-refractivity contribution is -0.461. The predicted octanol–water partition coefficient (Wildman–Crippen LogP) is 0.843. The van der Waals surface area contributed by atoms with E-state index in [2.05, 4.69) is 6.58 Å². The fourth-order valence-corrected chi connectivity index (χ4v) is 1.57. The van der Waals surface area contributed by atoms with Gasteiger partial charge in [0.2, 0.25) is 0 Å². The zero-order valence-electron chi connectivity index (χ0n) is 9.58. The molecule has 2 bridgehead atoms. The van der Waals surface area contributed by atoms with Crippen LogP contribution in [0.15, 0.2) is 12.2 Å². The third kappa shape index (κ3) is 2.11. The van der Waals surface area contributed by atoms with Gasteiger partial charge >= 0.3 is 5.97 Å². The lowest BCUT2D eigenvalue weighted by Gasteiger charge is -2.49. The molecule has 3 aliphatic heterocycles. The molecule has 0 saturated carbocycles. The standard InChI is InChI=1S/C11H16O5/c1-8(2)9(12)13-4-11-5-14-10(3,15-6-11)16-7-11/h1,4-7H2,2-3H3. The number of rotatable bonds is 3. The van der Waals surface area contributed by atoms with E-state index in [0.29, 0.717) is 25.4 Å². The first-order valence-corrected chi connectivity index (χ1v) is 5.19. The Kier molecular flexibility index (Phi) is 2.77. The molecule has 0 atom stereocenters. The number of carbonyl (C=O) groups is 1. The van der Waals surface area contributed by atoms with Crippen LogP contribution in [0, 0.1) is 5.41 Å². The molecule has 3 rings (SSSR count). The van der Waals surface area contributed by atoms with Crippen LogP contribution in [-0.4, -0.2) is 38.4 Å². The summed E-state index contributed by atoms with van der Waals surface area (Å²) in [5.41, 5.74) is 0.0127. The first kappa shape index (κ1) is 11.6. The van der Waals surface area contributed by atoms with Crippen LogP contribution in [0.4, 0.5) is 0 Å². The maximum Gasteiger partial charge on any atom is 0.333 e. The van der Waals surface area contributed by atoms with E-state index in [0.717, 1.165) is 0 Å². The number of ether oxygens (including phenoxy) is 4. The van der Waals surface area contributed by atoms with Crippen LogP contribution in [0.2, 0.25) is 0 Å². The maximum absolute atomic E-state index is 11.3. The average Bonchev–Trinajstić information content (AvgIpc) is 2.28. The van der Waals surface area contributed by atoms with Gasteiger partial charge in [-0.25, -0.2) is 4.79 Å². The molecule has 90 valence electrons. The average molecular weight is 228 g/mol. The topological polar surface area (TPSA) is 54.0 Å². The van der Waals surface area contributed by atoms with Crippen LogP contribution in [0.25, 0.3) is 0 Å². The molecule has 5 nitrogen and oxygen atoms in total. The van der Waals surface area contributed by atoms with E-state index in [4.69, 9.17) is 18.9 Å². The van der Waals surface area contributed by atoms with Crippen LogP contribution >= 0.6 is 0 Å². The van der Waals surface area contributed by atoms with Crippen LogP contribution in [0.5, 0.6) is 0 Å². The summed E-state index contributed by atoms with van der Waals surface area (Å²) >= 11 is 0. The number of hydrogen-bond donors (Lipinski definition) is 0. The zero-order valence-corrected chi connectivity index (χ0v) is 9.58. The second kappa shape index (κ2) is 3.84. The Morgan fingerprint density at radius 1 is 1.31 bits per heavy atom. The third-order valence-electron chi connectivity index (χ3n) is 2.78. The van der Waals surface area contributed by atoms with Gasteiger partial charge in [0.15, 0.2) is 0 Å². The van der Waals surface area contributed by atoms with Crippen LogP contribution in [-0.2, 0) is 23.7 Å². The van der Waals surface area contributed by atoms with Crippen molar-refractivity contribution < 1.29 is 23.7 Å². The molecule has 0 aromatic carbocycles. The Hall–Kier alpha value is -0.910. The highest BCUT2D eigenvalue weighted by Crippen LogP contribution is 2.38. The summed E-state index contributed by atoms with van der Waals surface area (Å²) in [6.07, 6.45) is 0. The molecule has 3 heterocycles. The summed E-state index contributed by atoms with van der Waals surface area (Å²) in [6.45, 7) is 8.53. The summed E-state index contributed by atoms with van der Waals surface area (Å²) in [4.78, 5) is 11.3. The van der Waals surface area contributed by atoms with Crippen LogP contribution in [0.1, 0.15) is 13.8 Å². The molecular weight excluding hydrogens is 212 g/mol. The minimum Gasteiger partial charge on any atom is -0.461 e. The van der Waals surface area contributed by atoms with Crippen molar-refractivity contribution in [3.8, 4) is 0 Å². The molecule has 0 aliphatic carbocycles. The summed E-state index contributed by atoms with van der Waals surface area (Å²) in [7, 11) is 0. The lowest BCUT2D eigenvalue weighted by atomic mass is 9.90. The molecule has 3 aliphatic rings. The van der Waals surface area contributed by atoms with Crippen molar-refractivity contribution in [2.24, 2.45) is 5.41 Å².